The third-order valence-corrected chi connectivity index (χ3v) is 7.30. The van der Waals surface area contributed by atoms with Crippen LogP contribution in [0.4, 0.5) is 4.39 Å². The summed E-state index contributed by atoms with van der Waals surface area (Å²) in [6, 6.07) is 5.86. The highest BCUT2D eigenvalue weighted by molar-refractivity contribution is 7.89. The Bertz CT molecular complexity index is 676. The largest absolute Gasteiger partial charge is 0.381 e. The van der Waals surface area contributed by atoms with E-state index in [0.717, 1.165) is 45.4 Å². The summed E-state index contributed by atoms with van der Waals surface area (Å²) in [6.07, 6.45) is 3.59. The van der Waals surface area contributed by atoms with Crippen LogP contribution >= 0.6 is 12.4 Å². The van der Waals surface area contributed by atoms with Crippen LogP contribution in [-0.2, 0) is 14.8 Å². The van der Waals surface area contributed by atoms with E-state index in [1.165, 1.54) is 28.6 Å². The molecule has 2 N–H and O–H groups in total. The molecule has 2 aliphatic heterocycles. The first kappa shape index (κ1) is 22.5. The first-order valence-electron chi connectivity index (χ1n) is 9.31. The number of nitrogens with zero attached hydrogens (tertiary/aromatic N) is 2. The zero-order valence-corrected chi connectivity index (χ0v) is 17.1. The van der Waals surface area contributed by atoms with Crippen molar-refractivity contribution in [1.29, 1.82) is 0 Å². The van der Waals surface area contributed by atoms with Crippen LogP contribution in [-0.4, -0.2) is 69.1 Å². The predicted octanol–water partition coefficient (Wildman–Crippen LogP) is 1.84. The van der Waals surface area contributed by atoms with Gasteiger partial charge in [-0.2, -0.15) is 4.31 Å². The number of hydrogen-bond acceptors (Lipinski definition) is 5. The van der Waals surface area contributed by atoms with Crippen molar-refractivity contribution in [2.75, 3.05) is 39.4 Å². The van der Waals surface area contributed by atoms with Crippen molar-refractivity contribution in [3.63, 3.8) is 0 Å². The minimum absolute atomic E-state index is 0. The van der Waals surface area contributed by atoms with Crippen molar-refractivity contribution in [1.82, 2.24) is 9.21 Å². The van der Waals surface area contributed by atoms with E-state index >= 15 is 0 Å². The Kier molecular flexibility index (Phi) is 8.45. The maximum atomic E-state index is 13.1. The second-order valence-corrected chi connectivity index (χ2v) is 8.90. The standard InChI is InChI=1S/C18H28FN3O3S.ClH/c19-15-1-3-18(4-2-15)26(23,24)21-10-5-16(6-11-21)22(12-9-20)17-7-13-25-14-8-17;/h1-4,16-17H,5-14,20H2;1H. The van der Waals surface area contributed by atoms with E-state index in [-0.39, 0.29) is 17.3 Å². The van der Waals surface area contributed by atoms with Crippen LogP contribution in [0.1, 0.15) is 25.7 Å². The first-order valence-corrected chi connectivity index (χ1v) is 10.8. The molecule has 1 aromatic carbocycles. The highest BCUT2D eigenvalue weighted by Gasteiger charge is 2.34. The molecule has 0 saturated carbocycles. The van der Waals surface area contributed by atoms with Gasteiger partial charge in [0.2, 0.25) is 10.0 Å². The third kappa shape index (κ3) is 5.40. The lowest BCUT2D eigenvalue weighted by Gasteiger charge is -2.43. The molecule has 27 heavy (non-hydrogen) atoms. The van der Waals surface area contributed by atoms with Crippen LogP contribution in [0.15, 0.2) is 29.2 Å². The number of nitrogens with two attached hydrogens (primary N) is 1. The van der Waals surface area contributed by atoms with Gasteiger partial charge in [0.05, 0.1) is 4.90 Å². The Labute approximate surface area is 167 Å². The summed E-state index contributed by atoms with van der Waals surface area (Å²) in [5.41, 5.74) is 5.82. The van der Waals surface area contributed by atoms with E-state index < -0.39 is 15.8 Å². The van der Waals surface area contributed by atoms with Crippen molar-refractivity contribution in [3.05, 3.63) is 30.1 Å². The van der Waals surface area contributed by atoms with Gasteiger partial charge in [0.15, 0.2) is 0 Å². The van der Waals surface area contributed by atoms with Crippen LogP contribution < -0.4 is 5.73 Å². The zero-order chi connectivity index (χ0) is 18.6. The third-order valence-electron chi connectivity index (χ3n) is 5.39. The van der Waals surface area contributed by atoms with Crippen LogP contribution in [0.2, 0.25) is 0 Å². The van der Waals surface area contributed by atoms with Gasteiger partial charge < -0.3 is 10.5 Å². The molecule has 0 aliphatic carbocycles. The molecular weight excluding hydrogens is 393 g/mol. The molecule has 1 aromatic rings. The lowest BCUT2D eigenvalue weighted by molar-refractivity contribution is 0.00838. The molecule has 0 radical (unpaired) electrons. The van der Waals surface area contributed by atoms with Gasteiger partial charge in [-0.25, -0.2) is 12.8 Å². The molecule has 0 spiro atoms. The van der Waals surface area contributed by atoms with Crippen LogP contribution in [0.25, 0.3) is 0 Å². The molecule has 0 aromatic heterocycles. The van der Waals surface area contributed by atoms with Gasteiger partial charge in [0.1, 0.15) is 5.82 Å². The lowest BCUT2D eigenvalue weighted by atomic mass is 9.99. The smallest absolute Gasteiger partial charge is 0.243 e. The number of benzene rings is 1. The summed E-state index contributed by atoms with van der Waals surface area (Å²) in [7, 11) is -3.56. The normalized spacial score (nSPS) is 20.6. The first-order chi connectivity index (χ1) is 12.5. The average Bonchev–Trinajstić information content (AvgIpc) is 2.67. The van der Waals surface area contributed by atoms with Crippen molar-refractivity contribution in [2.24, 2.45) is 5.73 Å². The highest BCUT2D eigenvalue weighted by atomic mass is 35.5. The molecule has 2 fully saturated rings. The average molecular weight is 422 g/mol. The van der Waals surface area contributed by atoms with Gasteiger partial charge in [-0.15, -0.1) is 12.4 Å². The van der Waals surface area contributed by atoms with Gasteiger partial charge in [0, 0.05) is 51.5 Å². The van der Waals surface area contributed by atoms with Crippen LogP contribution in [0, 0.1) is 5.82 Å². The SMILES string of the molecule is Cl.NCCN(C1CCOCC1)C1CCN(S(=O)(=O)c2ccc(F)cc2)CC1. The topological polar surface area (TPSA) is 75.9 Å². The van der Waals surface area contributed by atoms with E-state index in [4.69, 9.17) is 10.5 Å². The molecule has 2 aliphatic rings. The molecule has 0 bridgehead atoms. The summed E-state index contributed by atoms with van der Waals surface area (Å²) in [5.74, 6) is -0.434. The molecule has 0 unspecified atom stereocenters. The molecule has 0 atom stereocenters. The highest BCUT2D eigenvalue weighted by Crippen LogP contribution is 2.26. The second-order valence-electron chi connectivity index (χ2n) is 6.96. The molecular formula is C18H29ClFN3O3S. The van der Waals surface area contributed by atoms with Crippen molar-refractivity contribution < 1.29 is 17.5 Å². The Morgan fingerprint density at radius 2 is 1.63 bits per heavy atom. The summed E-state index contributed by atoms with van der Waals surface area (Å²) in [5, 5.41) is 0. The fraction of sp³-hybridized carbons (Fsp3) is 0.667. The Balaban J connectivity index is 0.00000261. The Morgan fingerprint density at radius 1 is 1.07 bits per heavy atom. The van der Waals surface area contributed by atoms with Crippen molar-refractivity contribution >= 4 is 22.4 Å². The minimum atomic E-state index is -3.56. The number of halogens is 2. The van der Waals surface area contributed by atoms with Gasteiger partial charge >= 0.3 is 0 Å². The minimum Gasteiger partial charge on any atom is -0.381 e. The monoisotopic (exact) mass is 421 g/mol. The van der Waals surface area contributed by atoms with Gasteiger partial charge in [-0.3, -0.25) is 4.90 Å². The van der Waals surface area contributed by atoms with Crippen molar-refractivity contribution in [2.45, 2.75) is 42.7 Å². The second kappa shape index (κ2) is 10.1. The van der Waals surface area contributed by atoms with Crippen LogP contribution in [0.3, 0.4) is 0 Å². The maximum absolute atomic E-state index is 13.1. The fourth-order valence-electron chi connectivity index (χ4n) is 4.00. The van der Waals surface area contributed by atoms with E-state index in [0.29, 0.717) is 31.7 Å². The van der Waals surface area contributed by atoms with Gasteiger partial charge in [0.25, 0.3) is 0 Å². The molecule has 9 heteroatoms. The Hall–Kier alpha value is -0.770. The molecule has 2 heterocycles. The van der Waals surface area contributed by atoms with E-state index in [9.17, 15) is 12.8 Å². The number of rotatable bonds is 6. The fourth-order valence-corrected chi connectivity index (χ4v) is 5.47. The van der Waals surface area contributed by atoms with Gasteiger partial charge in [-0.05, 0) is 49.9 Å². The summed E-state index contributed by atoms with van der Waals surface area (Å²) in [4.78, 5) is 2.62. The predicted molar refractivity (Wildman–Crippen MR) is 105 cm³/mol. The number of piperidine rings is 1. The summed E-state index contributed by atoms with van der Waals surface area (Å²) < 4.78 is 45.6. The van der Waals surface area contributed by atoms with E-state index in [2.05, 4.69) is 4.90 Å². The zero-order valence-electron chi connectivity index (χ0n) is 15.4. The molecule has 6 nitrogen and oxygen atoms in total. The molecule has 0 amide bonds. The Morgan fingerprint density at radius 3 is 2.19 bits per heavy atom. The van der Waals surface area contributed by atoms with Crippen molar-refractivity contribution in [3.8, 4) is 0 Å². The van der Waals surface area contributed by atoms with E-state index in [1.807, 2.05) is 0 Å². The van der Waals surface area contributed by atoms with E-state index in [1.54, 1.807) is 0 Å². The van der Waals surface area contributed by atoms with Gasteiger partial charge in [-0.1, -0.05) is 0 Å². The lowest BCUT2D eigenvalue weighted by Crippen LogP contribution is -2.52. The van der Waals surface area contributed by atoms with Crippen LogP contribution in [0.5, 0.6) is 0 Å². The number of ether oxygens (including phenoxy) is 1. The summed E-state index contributed by atoms with van der Waals surface area (Å²) >= 11 is 0. The quantitative estimate of drug-likeness (QED) is 0.758. The molecule has 3 rings (SSSR count). The molecule has 2 saturated heterocycles. The number of hydrogen-bond donors (Lipinski definition) is 1. The number of sulfonamides is 1. The summed E-state index contributed by atoms with van der Waals surface area (Å²) in [6.45, 7) is 3.96. The molecule has 154 valence electrons. The maximum Gasteiger partial charge on any atom is 0.243 e.